The van der Waals surface area contributed by atoms with E-state index in [1.165, 1.54) is 42.1 Å². The number of aromatic carboxylic acids is 1. The number of aromatic amines is 1. The first-order chi connectivity index (χ1) is 12.8. The largest absolute Gasteiger partial charge is 0.503 e. The van der Waals surface area contributed by atoms with Crippen LogP contribution in [-0.4, -0.2) is 33.1 Å². The van der Waals surface area contributed by atoms with Gasteiger partial charge in [-0.25, -0.2) is 9.48 Å². The number of hydrogen-bond donors (Lipinski definition) is 3. The van der Waals surface area contributed by atoms with Gasteiger partial charge < -0.3 is 14.9 Å². The molecule has 3 N–H and O–H groups in total. The van der Waals surface area contributed by atoms with Gasteiger partial charge >= 0.3 is 5.97 Å². The molecule has 1 aromatic heterocycles. The third-order valence-electron chi connectivity index (χ3n) is 3.96. The first-order valence-electron chi connectivity index (χ1n) is 7.73. The second-order valence-electron chi connectivity index (χ2n) is 5.69. The monoisotopic (exact) mass is 386 g/mol. The summed E-state index contributed by atoms with van der Waals surface area (Å²) >= 11 is 5.98. The molecule has 138 valence electrons. The summed E-state index contributed by atoms with van der Waals surface area (Å²) in [6, 6.07) is 8.88. The number of benzene rings is 2. The van der Waals surface area contributed by atoms with Crippen molar-refractivity contribution in [2.75, 3.05) is 7.11 Å². The summed E-state index contributed by atoms with van der Waals surface area (Å²) in [5.41, 5.74) is 0.761. The first-order valence-corrected chi connectivity index (χ1v) is 8.11. The molecule has 8 heteroatoms. The molecule has 0 radical (unpaired) electrons. The highest BCUT2D eigenvalue weighted by Gasteiger charge is 2.10. The Kier molecular flexibility index (Phi) is 4.79. The first kappa shape index (κ1) is 18.3. The van der Waals surface area contributed by atoms with Crippen LogP contribution in [0.3, 0.4) is 0 Å². The van der Waals surface area contributed by atoms with Gasteiger partial charge in [-0.05, 0) is 48.0 Å². The average molecular weight is 387 g/mol. The van der Waals surface area contributed by atoms with E-state index in [4.69, 9.17) is 21.4 Å². The topological polar surface area (TPSA) is 105 Å². The van der Waals surface area contributed by atoms with Gasteiger partial charge in [0.25, 0.3) is 5.56 Å². The van der Waals surface area contributed by atoms with Crippen molar-refractivity contribution in [1.29, 1.82) is 0 Å². The molecule has 0 spiro atoms. The molecule has 3 rings (SSSR count). The van der Waals surface area contributed by atoms with Gasteiger partial charge in [0.05, 0.1) is 34.0 Å². The summed E-state index contributed by atoms with van der Waals surface area (Å²) in [5, 5.41) is 22.4. The number of carboxylic acid groups (broad SMARTS) is 1. The predicted octanol–water partition coefficient (Wildman–Crippen LogP) is 1.47. The van der Waals surface area contributed by atoms with E-state index in [2.05, 4.69) is 11.7 Å². The average Bonchev–Trinajstić information content (AvgIpc) is 2.92. The summed E-state index contributed by atoms with van der Waals surface area (Å²) in [6.07, 6.45) is 1.57. The minimum atomic E-state index is -1.05. The van der Waals surface area contributed by atoms with Crippen molar-refractivity contribution in [3.63, 3.8) is 0 Å². The molecule has 0 saturated heterocycles. The lowest BCUT2D eigenvalue weighted by Crippen LogP contribution is -2.33. The summed E-state index contributed by atoms with van der Waals surface area (Å²) in [6.45, 7) is 3.84. The Balaban J connectivity index is 2.13. The molecule has 0 amide bonds. The van der Waals surface area contributed by atoms with Crippen LogP contribution in [0.1, 0.15) is 15.9 Å². The summed E-state index contributed by atoms with van der Waals surface area (Å²) in [5.74, 6) is -1.05. The van der Waals surface area contributed by atoms with E-state index in [1.807, 2.05) is 0 Å². The maximum absolute atomic E-state index is 12.8. The minimum absolute atomic E-state index is 0.0892. The molecule has 0 fully saturated rings. The Morgan fingerprint density at radius 1 is 1.30 bits per heavy atom. The Labute approximate surface area is 158 Å². The molecular formula is C19H15ClN2O5. The Bertz CT molecular complexity index is 1190. The fourth-order valence-electron chi connectivity index (χ4n) is 2.58. The minimum Gasteiger partial charge on any atom is -0.503 e. The maximum atomic E-state index is 12.8. The Hall–Kier alpha value is -3.45. The quantitative estimate of drug-likeness (QED) is 0.630. The van der Waals surface area contributed by atoms with Gasteiger partial charge in [0.2, 0.25) is 0 Å². The number of carboxylic acids is 1. The molecule has 27 heavy (non-hydrogen) atoms. The Morgan fingerprint density at radius 2 is 1.96 bits per heavy atom. The maximum Gasteiger partial charge on any atom is 0.335 e. The molecule has 7 nitrogen and oxygen atoms in total. The molecule has 3 aromatic rings. The zero-order chi connectivity index (χ0) is 19.7. The van der Waals surface area contributed by atoms with Crippen molar-refractivity contribution < 1.29 is 19.7 Å². The van der Waals surface area contributed by atoms with E-state index >= 15 is 0 Å². The highest BCUT2D eigenvalue weighted by molar-refractivity contribution is 6.32. The van der Waals surface area contributed by atoms with Crippen LogP contribution in [0.4, 0.5) is 0 Å². The van der Waals surface area contributed by atoms with Crippen LogP contribution < -0.4 is 20.9 Å². The van der Waals surface area contributed by atoms with Crippen molar-refractivity contribution >= 4 is 30.2 Å². The predicted molar refractivity (Wildman–Crippen MR) is 101 cm³/mol. The van der Waals surface area contributed by atoms with E-state index in [1.54, 1.807) is 12.1 Å². The number of ether oxygens (including phenoxy) is 1. The van der Waals surface area contributed by atoms with Crippen molar-refractivity contribution in [2.45, 2.75) is 0 Å². The van der Waals surface area contributed by atoms with Gasteiger partial charge in [0.1, 0.15) is 0 Å². The van der Waals surface area contributed by atoms with Crippen molar-refractivity contribution in [3.05, 3.63) is 73.5 Å². The summed E-state index contributed by atoms with van der Waals surface area (Å²) in [4.78, 5) is 23.7. The summed E-state index contributed by atoms with van der Waals surface area (Å²) < 4.78 is 6.32. The summed E-state index contributed by atoms with van der Waals surface area (Å²) in [7, 11) is 1.39. The number of phenols is 1. The van der Waals surface area contributed by atoms with Gasteiger partial charge in [0.15, 0.2) is 11.5 Å². The molecule has 0 unspecified atom stereocenters. The number of nitrogens with zero attached hydrogens (tertiary/aromatic N) is 1. The van der Waals surface area contributed by atoms with Crippen LogP contribution in [0.2, 0.25) is 5.02 Å². The number of halogens is 1. The smallest absolute Gasteiger partial charge is 0.335 e. The number of aromatic hydroxyl groups is 1. The number of phenolic OH excluding ortho intramolecular Hbond substituents is 1. The highest BCUT2D eigenvalue weighted by atomic mass is 35.5. The van der Waals surface area contributed by atoms with Gasteiger partial charge in [-0.1, -0.05) is 18.2 Å². The zero-order valence-corrected chi connectivity index (χ0v) is 14.9. The second-order valence-corrected chi connectivity index (χ2v) is 6.10. The zero-order valence-electron chi connectivity index (χ0n) is 14.2. The van der Waals surface area contributed by atoms with Crippen molar-refractivity contribution in [2.24, 2.45) is 0 Å². The molecule has 0 saturated carbocycles. The molecular weight excluding hydrogens is 372 g/mol. The molecule has 0 aliphatic carbocycles. The van der Waals surface area contributed by atoms with Gasteiger partial charge in [-0.2, -0.15) is 0 Å². The number of methoxy groups -OCH3 is 1. The fourth-order valence-corrected chi connectivity index (χ4v) is 2.80. The van der Waals surface area contributed by atoms with Crippen LogP contribution in [0.25, 0.3) is 18.3 Å². The van der Waals surface area contributed by atoms with E-state index in [9.17, 15) is 14.7 Å². The Morgan fingerprint density at radius 3 is 2.56 bits per heavy atom. The molecule has 0 bridgehead atoms. The number of carbonyl (C=O) groups is 1. The standard InChI is InChI=1S/C19H15ClN2O5/c1-10-14(7-11-8-15(20)17(23)16(9-11)27-2)18(24)22(21-10)13-5-3-12(4-6-13)19(25)26/h3-9,21,23H,1H2,2H3,(H,25,26)/b14-7-. The lowest BCUT2D eigenvalue weighted by molar-refractivity contribution is 0.0697. The number of H-pyrrole nitrogens is 1. The van der Waals surface area contributed by atoms with Crippen LogP contribution in [-0.2, 0) is 0 Å². The SMILES string of the molecule is C=c1[nH]n(-c2ccc(C(=O)O)cc2)c(=O)/c1=C\c1cc(Cl)c(O)c(OC)c1. The van der Waals surface area contributed by atoms with Gasteiger partial charge in [0, 0.05) is 0 Å². The van der Waals surface area contributed by atoms with E-state index in [0.29, 0.717) is 21.8 Å². The van der Waals surface area contributed by atoms with Crippen LogP contribution >= 0.6 is 11.6 Å². The molecule has 2 aromatic carbocycles. The van der Waals surface area contributed by atoms with E-state index in [-0.39, 0.29) is 27.6 Å². The molecule has 0 aliphatic heterocycles. The second kappa shape index (κ2) is 7.05. The van der Waals surface area contributed by atoms with Crippen LogP contribution in [0.5, 0.6) is 11.5 Å². The lowest BCUT2D eigenvalue weighted by atomic mass is 10.1. The number of hydrogen-bond acceptors (Lipinski definition) is 4. The third-order valence-corrected chi connectivity index (χ3v) is 4.25. The molecule has 0 atom stereocenters. The highest BCUT2D eigenvalue weighted by Crippen LogP contribution is 2.34. The molecule has 1 heterocycles. The van der Waals surface area contributed by atoms with Crippen LogP contribution in [0.15, 0.2) is 41.2 Å². The third kappa shape index (κ3) is 3.45. The van der Waals surface area contributed by atoms with Crippen molar-refractivity contribution in [1.82, 2.24) is 9.78 Å². The molecule has 0 aliphatic rings. The fraction of sp³-hybridized carbons (Fsp3) is 0.0526. The number of aromatic nitrogens is 2. The van der Waals surface area contributed by atoms with E-state index < -0.39 is 5.97 Å². The number of rotatable bonds is 4. The van der Waals surface area contributed by atoms with Gasteiger partial charge in [-0.15, -0.1) is 0 Å². The van der Waals surface area contributed by atoms with Gasteiger partial charge in [-0.3, -0.25) is 9.89 Å². The van der Waals surface area contributed by atoms with Crippen molar-refractivity contribution in [3.8, 4) is 17.2 Å². The lowest BCUT2D eigenvalue weighted by Gasteiger charge is -2.05. The normalized spacial score (nSPS) is 11.6. The number of nitrogens with one attached hydrogen (secondary N) is 1. The van der Waals surface area contributed by atoms with E-state index in [0.717, 1.165) is 0 Å². The van der Waals surface area contributed by atoms with Crippen LogP contribution in [0, 0.1) is 0 Å².